The van der Waals surface area contributed by atoms with Crippen LogP contribution in [0, 0.1) is 0 Å². The zero-order valence-electron chi connectivity index (χ0n) is 15.3. The molecule has 1 aromatic heterocycles. The van der Waals surface area contributed by atoms with Gasteiger partial charge < -0.3 is 11.2 Å². The highest BCUT2D eigenvalue weighted by Gasteiger charge is 2.23. The summed E-state index contributed by atoms with van der Waals surface area (Å²) in [6.45, 7) is 0. The van der Waals surface area contributed by atoms with Crippen LogP contribution >= 0.6 is 35.0 Å². The van der Waals surface area contributed by atoms with Crippen molar-refractivity contribution < 1.29 is 13.2 Å². The Labute approximate surface area is 182 Å². The Morgan fingerprint density at radius 1 is 1.21 bits per heavy atom. The minimum Gasteiger partial charge on any atom is -0.336 e. The molecule has 1 fully saturated rings. The lowest BCUT2D eigenvalue weighted by Gasteiger charge is -2.20. The van der Waals surface area contributed by atoms with Gasteiger partial charge in [0.25, 0.3) is 0 Å². The van der Waals surface area contributed by atoms with Crippen LogP contribution in [-0.2, 0) is 14.8 Å². The van der Waals surface area contributed by atoms with Crippen molar-refractivity contribution in [2.75, 3.05) is 16.9 Å². The summed E-state index contributed by atoms with van der Waals surface area (Å²) in [5.41, 5.74) is 0.100. The highest BCUT2D eigenvalue weighted by Crippen LogP contribution is 2.34. The maximum atomic E-state index is 12.3. The van der Waals surface area contributed by atoms with E-state index in [4.69, 9.17) is 34.2 Å². The van der Waals surface area contributed by atoms with Crippen molar-refractivity contribution in [3.63, 3.8) is 0 Å². The first kappa shape index (κ1) is 22.2. The molecule has 1 aliphatic rings. The lowest BCUT2D eigenvalue weighted by Crippen LogP contribution is -2.20. The zero-order valence-corrected chi connectivity index (χ0v) is 18.4. The molecule has 0 spiro atoms. The number of benzene rings is 1. The number of primary sulfonamides is 1. The van der Waals surface area contributed by atoms with Crippen LogP contribution < -0.4 is 16.3 Å². The summed E-state index contributed by atoms with van der Waals surface area (Å²) in [5.74, 6) is 6.71. The van der Waals surface area contributed by atoms with E-state index in [-0.39, 0.29) is 26.4 Å². The van der Waals surface area contributed by atoms with Crippen LogP contribution in [-0.4, -0.2) is 35.0 Å². The van der Waals surface area contributed by atoms with Crippen molar-refractivity contribution in [3.05, 3.63) is 28.0 Å². The third-order valence-electron chi connectivity index (χ3n) is 4.60. The van der Waals surface area contributed by atoms with Gasteiger partial charge in [-0.05, 0) is 25.0 Å². The molecule has 1 aliphatic carbocycles. The molecule has 0 unspecified atom stereocenters. The van der Waals surface area contributed by atoms with E-state index in [0.717, 1.165) is 55.4 Å². The standard InChI is InChI=1S/C16H20Cl2N6O3S2/c17-11-6-10(29(20,26)27)7-12(18)14(11)21-13(25)8-28-16-23-22-15(24(16)19)9-4-2-1-3-5-9/h6-7,9H,1-5,8,19H2,(H,21,25)(H2,20,26,27). The molecule has 1 amide bonds. The average Bonchev–Trinajstić information content (AvgIpc) is 3.03. The second-order valence-electron chi connectivity index (χ2n) is 6.69. The highest BCUT2D eigenvalue weighted by molar-refractivity contribution is 7.99. The Balaban J connectivity index is 1.64. The Kier molecular flexibility index (Phi) is 6.94. The van der Waals surface area contributed by atoms with Gasteiger partial charge in [0, 0.05) is 5.92 Å². The van der Waals surface area contributed by atoms with E-state index in [0.29, 0.717) is 11.1 Å². The fraction of sp³-hybridized carbons (Fsp3) is 0.438. The molecule has 1 saturated carbocycles. The van der Waals surface area contributed by atoms with Crippen LogP contribution in [0.4, 0.5) is 5.69 Å². The van der Waals surface area contributed by atoms with E-state index < -0.39 is 15.9 Å². The minimum atomic E-state index is -3.97. The third-order valence-corrected chi connectivity index (χ3v) is 7.03. The van der Waals surface area contributed by atoms with Gasteiger partial charge in [-0.3, -0.25) is 4.79 Å². The molecule has 0 atom stereocenters. The Morgan fingerprint density at radius 3 is 2.41 bits per heavy atom. The smallest absolute Gasteiger partial charge is 0.238 e. The normalized spacial score (nSPS) is 15.4. The quantitative estimate of drug-likeness (QED) is 0.427. The number of amides is 1. The molecule has 158 valence electrons. The third kappa shape index (κ3) is 5.34. The SMILES string of the molecule is Nn1c(SCC(=O)Nc2c(Cl)cc(S(N)(=O)=O)cc2Cl)nnc1C1CCCCC1. The Hall–Kier alpha value is -1.53. The maximum Gasteiger partial charge on any atom is 0.238 e. The van der Waals surface area contributed by atoms with Crippen LogP contribution in [0.5, 0.6) is 0 Å². The molecule has 0 saturated heterocycles. The van der Waals surface area contributed by atoms with Crippen molar-refractivity contribution in [2.45, 2.75) is 48.1 Å². The second-order valence-corrected chi connectivity index (χ2v) is 10.0. The molecule has 5 N–H and O–H groups in total. The lowest BCUT2D eigenvalue weighted by molar-refractivity contribution is -0.113. The number of nitrogen functional groups attached to an aromatic ring is 1. The highest BCUT2D eigenvalue weighted by atomic mass is 35.5. The van der Waals surface area contributed by atoms with E-state index in [1.165, 1.54) is 11.1 Å². The van der Waals surface area contributed by atoms with Crippen molar-refractivity contribution in [3.8, 4) is 0 Å². The maximum absolute atomic E-state index is 12.3. The molecule has 3 rings (SSSR count). The molecule has 13 heteroatoms. The van der Waals surface area contributed by atoms with Crippen molar-refractivity contribution in [1.29, 1.82) is 0 Å². The largest absolute Gasteiger partial charge is 0.336 e. The summed E-state index contributed by atoms with van der Waals surface area (Å²) >= 11 is 13.2. The monoisotopic (exact) mass is 478 g/mol. The molecule has 0 bridgehead atoms. The van der Waals surface area contributed by atoms with E-state index in [9.17, 15) is 13.2 Å². The number of sulfonamides is 1. The van der Waals surface area contributed by atoms with E-state index >= 15 is 0 Å². The van der Waals surface area contributed by atoms with Crippen LogP contribution in [0.1, 0.15) is 43.8 Å². The Morgan fingerprint density at radius 2 is 1.83 bits per heavy atom. The summed E-state index contributed by atoms with van der Waals surface area (Å²) in [5, 5.41) is 16.2. The molecule has 2 aromatic rings. The molecule has 29 heavy (non-hydrogen) atoms. The number of nitrogens with two attached hydrogens (primary N) is 2. The number of anilines is 1. The van der Waals surface area contributed by atoms with Crippen molar-refractivity contribution >= 4 is 56.6 Å². The van der Waals surface area contributed by atoms with Crippen molar-refractivity contribution in [1.82, 2.24) is 14.9 Å². The average molecular weight is 479 g/mol. The summed E-state index contributed by atoms with van der Waals surface area (Å²) in [6, 6.07) is 2.25. The van der Waals surface area contributed by atoms with Gasteiger partial charge in [0.2, 0.25) is 21.1 Å². The molecular formula is C16H20Cl2N6O3S2. The molecule has 1 aromatic carbocycles. The number of halogens is 2. The second kappa shape index (κ2) is 9.09. The Bertz CT molecular complexity index is 999. The van der Waals surface area contributed by atoms with Gasteiger partial charge in [-0.1, -0.05) is 54.2 Å². The van der Waals surface area contributed by atoms with Gasteiger partial charge in [0.1, 0.15) is 0 Å². The number of hydrogen-bond acceptors (Lipinski definition) is 7. The van der Waals surface area contributed by atoms with Crippen LogP contribution in [0.2, 0.25) is 10.0 Å². The molecule has 9 nitrogen and oxygen atoms in total. The topological polar surface area (TPSA) is 146 Å². The predicted octanol–water partition coefficient (Wildman–Crippen LogP) is 2.72. The fourth-order valence-electron chi connectivity index (χ4n) is 3.17. The molecular weight excluding hydrogens is 459 g/mol. The first-order chi connectivity index (χ1) is 13.7. The van der Waals surface area contributed by atoms with Gasteiger partial charge in [-0.15, -0.1) is 10.2 Å². The van der Waals surface area contributed by atoms with E-state index in [2.05, 4.69) is 15.5 Å². The van der Waals surface area contributed by atoms with Crippen LogP contribution in [0.15, 0.2) is 22.2 Å². The van der Waals surface area contributed by atoms with Gasteiger partial charge in [-0.2, -0.15) is 0 Å². The molecule has 0 aliphatic heterocycles. The summed E-state index contributed by atoms with van der Waals surface area (Å²) in [7, 11) is -3.97. The first-order valence-corrected chi connectivity index (χ1v) is 12.1. The summed E-state index contributed by atoms with van der Waals surface area (Å²) in [4.78, 5) is 12.1. The lowest BCUT2D eigenvalue weighted by atomic mass is 9.89. The number of hydrogen-bond donors (Lipinski definition) is 3. The number of carbonyl (C=O) groups excluding carboxylic acids is 1. The number of rotatable bonds is 6. The van der Waals surface area contributed by atoms with Gasteiger partial charge in [0.15, 0.2) is 5.82 Å². The van der Waals surface area contributed by atoms with Crippen LogP contribution in [0.25, 0.3) is 0 Å². The first-order valence-electron chi connectivity index (χ1n) is 8.81. The zero-order chi connectivity index (χ0) is 21.2. The van der Waals surface area contributed by atoms with Gasteiger partial charge >= 0.3 is 0 Å². The van der Waals surface area contributed by atoms with Gasteiger partial charge in [-0.25, -0.2) is 18.2 Å². The number of thioether (sulfide) groups is 1. The predicted molar refractivity (Wildman–Crippen MR) is 113 cm³/mol. The van der Waals surface area contributed by atoms with Crippen molar-refractivity contribution in [2.24, 2.45) is 5.14 Å². The number of carbonyl (C=O) groups is 1. The minimum absolute atomic E-state index is 0.0103. The van der Waals surface area contributed by atoms with Crippen LogP contribution in [0.3, 0.4) is 0 Å². The summed E-state index contributed by atoms with van der Waals surface area (Å²) < 4.78 is 24.3. The molecule has 1 heterocycles. The molecule has 0 radical (unpaired) electrons. The summed E-state index contributed by atoms with van der Waals surface area (Å²) in [6.07, 6.45) is 5.58. The number of nitrogens with zero attached hydrogens (tertiary/aromatic N) is 3. The number of nitrogens with one attached hydrogen (secondary N) is 1. The van der Waals surface area contributed by atoms with E-state index in [1.807, 2.05) is 0 Å². The fourth-order valence-corrected chi connectivity index (χ4v) is 5.10. The number of aromatic nitrogens is 3. The van der Waals surface area contributed by atoms with E-state index in [1.54, 1.807) is 0 Å². The van der Waals surface area contributed by atoms with Gasteiger partial charge in [0.05, 0.1) is 26.4 Å².